The van der Waals surface area contributed by atoms with Crippen LogP contribution in [0.1, 0.15) is 47.4 Å². The molecule has 0 aliphatic carbocycles. The van der Waals surface area contributed by atoms with Gasteiger partial charge in [-0.3, -0.25) is 4.79 Å². The van der Waals surface area contributed by atoms with E-state index in [0.29, 0.717) is 39.9 Å². The molecule has 0 radical (unpaired) electrons. The Bertz CT molecular complexity index is 1450. The van der Waals surface area contributed by atoms with E-state index in [-0.39, 0.29) is 36.2 Å². The van der Waals surface area contributed by atoms with Gasteiger partial charge in [0.25, 0.3) is 5.91 Å². The molecule has 1 fully saturated rings. The van der Waals surface area contributed by atoms with Crippen molar-refractivity contribution in [1.82, 2.24) is 10.3 Å². The van der Waals surface area contributed by atoms with Crippen LogP contribution in [-0.2, 0) is 14.6 Å². The third-order valence-corrected chi connectivity index (χ3v) is 8.64. The van der Waals surface area contributed by atoms with Crippen molar-refractivity contribution in [3.05, 3.63) is 65.4 Å². The quantitative estimate of drug-likeness (QED) is 0.382. The number of carbonyl (C=O) groups is 1. The van der Waals surface area contributed by atoms with Gasteiger partial charge in [-0.2, -0.15) is 13.2 Å². The molecule has 4 rings (SSSR count). The molecule has 0 saturated carbocycles. The highest BCUT2D eigenvalue weighted by Gasteiger charge is 2.43. The van der Waals surface area contributed by atoms with Gasteiger partial charge in [0.1, 0.15) is 0 Å². The lowest BCUT2D eigenvalue weighted by Crippen LogP contribution is -2.38. The zero-order valence-electron chi connectivity index (χ0n) is 22.1. The van der Waals surface area contributed by atoms with Crippen LogP contribution >= 0.6 is 0 Å². The van der Waals surface area contributed by atoms with Crippen molar-refractivity contribution in [2.45, 2.75) is 49.9 Å². The fraction of sp³-hybridized carbons (Fsp3) is 0.429. The molecule has 40 heavy (non-hydrogen) atoms. The first-order valence-electron chi connectivity index (χ1n) is 12.9. The lowest BCUT2D eigenvalue weighted by atomic mass is 9.99. The molecule has 1 aliphatic heterocycles. The maximum absolute atomic E-state index is 13.0. The third kappa shape index (κ3) is 6.91. The molecular weight excluding hydrogens is 549 g/mol. The van der Waals surface area contributed by atoms with Gasteiger partial charge in [-0.15, -0.1) is 0 Å². The Morgan fingerprint density at radius 3 is 2.50 bits per heavy atom. The summed E-state index contributed by atoms with van der Waals surface area (Å²) in [6.07, 6.45) is -5.91. The van der Waals surface area contributed by atoms with Crippen LogP contribution in [-0.4, -0.2) is 62.3 Å². The number of hydrogen-bond acceptors (Lipinski definition) is 7. The summed E-state index contributed by atoms with van der Waals surface area (Å²) in [6, 6.07) is 12.0. The van der Waals surface area contributed by atoms with Gasteiger partial charge in [-0.25, -0.2) is 13.4 Å². The summed E-state index contributed by atoms with van der Waals surface area (Å²) < 4.78 is 73.5. The third-order valence-electron chi connectivity index (χ3n) is 6.89. The fourth-order valence-corrected chi connectivity index (χ4v) is 5.43. The molecule has 2 heterocycles. The van der Waals surface area contributed by atoms with Crippen molar-refractivity contribution < 1.29 is 41.0 Å². The molecule has 216 valence electrons. The Balaban J connectivity index is 1.45. The van der Waals surface area contributed by atoms with Crippen LogP contribution in [0.15, 0.2) is 53.4 Å². The first kappa shape index (κ1) is 29.8. The molecule has 2 N–H and O–H groups in total. The molecule has 8 nitrogen and oxygen atoms in total. The maximum Gasteiger partial charge on any atom is 0.414 e. The van der Waals surface area contributed by atoms with Gasteiger partial charge in [0.2, 0.25) is 5.88 Å². The summed E-state index contributed by atoms with van der Waals surface area (Å²) in [6.45, 7) is 3.02. The van der Waals surface area contributed by atoms with E-state index < -0.39 is 40.7 Å². The molecule has 3 aromatic rings. The van der Waals surface area contributed by atoms with Gasteiger partial charge in [-0.05, 0) is 67.1 Å². The predicted octanol–water partition coefficient (Wildman–Crippen LogP) is 4.54. The number of alkyl halides is 3. The van der Waals surface area contributed by atoms with Crippen LogP contribution in [0.3, 0.4) is 0 Å². The van der Waals surface area contributed by atoms with Crippen LogP contribution in [0.2, 0.25) is 0 Å². The van der Waals surface area contributed by atoms with Crippen molar-refractivity contribution in [3.63, 3.8) is 0 Å². The number of aliphatic hydroxyl groups excluding tert-OH is 1. The Morgan fingerprint density at radius 2 is 1.90 bits per heavy atom. The van der Waals surface area contributed by atoms with E-state index in [1.165, 1.54) is 12.1 Å². The first-order chi connectivity index (χ1) is 18.9. The Morgan fingerprint density at radius 1 is 1.18 bits per heavy atom. The van der Waals surface area contributed by atoms with Crippen LogP contribution in [0, 0.1) is 12.8 Å². The average molecular weight is 581 g/mol. The topological polar surface area (TPSA) is 115 Å². The van der Waals surface area contributed by atoms with Crippen molar-refractivity contribution in [1.29, 1.82) is 0 Å². The number of halogens is 3. The number of carbonyl (C=O) groups excluding carboxylic acids is 1. The number of pyridine rings is 1. The van der Waals surface area contributed by atoms with Gasteiger partial charge in [0.05, 0.1) is 36.5 Å². The predicted molar refractivity (Wildman–Crippen MR) is 142 cm³/mol. The van der Waals surface area contributed by atoms with Crippen molar-refractivity contribution in [2.75, 3.05) is 25.6 Å². The van der Waals surface area contributed by atoms with E-state index in [0.717, 1.165) is 0 Å². The summed E-state index contributed by atoms with van der Waals surface area (Å²) >= 11 is 0. The summed E-state index contributed by atoms with van der Waals surface area (Å²) in [5.74, 6) is -0.363. The molecule has 3 unspecified atom stereocenters. The SMILES string of the molecule is CCS(=O)(=O)c1ccc(C(CO)NC(=O)c2ccc3c(OCC4CCC(C(F)(F)F)OC4)nc(C)cc3c2)cc1. The molecule has 1 aliphatic rings. The molecule has 0 spiro atoms. The molecular formula is C28H31F3N2O6S. The fourth-order valence-electron chi connectivity index (χ4n) is 4.55. The Kier molecular flexibility index (Phi) is 9.01. The average Bonchev–Trinajstić information content (AvgIpc) is 2.93. The minimum atomic E-state index is -4.37. The van der Waals surface area contributed by atoms with Crippen LogP contribution in [0.5, 0.6) is 5.88 Å². The molecule has 12 heteroatoms. The Labute approximate surface area is 230 Å². The summed E-state index contributed by atoms with van der Waals surface area (Å²) in [5.41, 5.74) is 1.51. The number of nitrogens with zero attached hydrogens (tertiary/aromatic N) is 1. The van der Waals surface area contributed by atoms with Gasteiger partial charge >= 0.3 is 6.18 Å². The van der Waals surface area contributed by atoms with Crippen molar-refractivity contribution in [2.24, 2.45) is 5.92 Å². The number of nitrogens with one attached hydrogen (secondary N) is 1. The monoisotopic (exact) mass is 580 g/mol. The van der Waals surface area contributed by atoms with E-state index in [9.17, 15) is 31.5 Å². The molecule has 1 saturated heterocycles. The number of aromatic nitrogens is 1. The van der Waals surface area contributed by atoms with Crippen LogP contribution < -0.4 is 10.1 Å². The van der Waals surface area contributed by atoms with Gasteiger partial charge in [0.15, 0.2) is 15.9 Å². The number of amides is 1. The van der Waals surface area contributed by atoms with E-state index >= 15 is 0 Å². The second-order valence-corrected chi connectivity index (χ2v) is 12.1. The maximum atomic E-state index is 13.0. The summed E-state index contributed by atoms with van der Waals surface area (Å²) in [4.78, 5) is 17.6. The molecule has 0 bridgehead atoms. The van der Waals surface area contributed by atoms with E-state index in [4.69, 9.17) is 9.47 Å². The smallest absolute Gasteiger partial charge is 0.414 e. The van der Waals surface area contributed by atoms with E-state index in [1.54, 1.807) is 50.2 Å². The number of benzene rings is 2. The first-order valence-corrected chi connectivity index (χ1v) is 14.5. The zero-order chi connectivity index (χ0) is 29.1. The zero-order valence-corrected chi connectivity index (χ0v) is 22.9. The summed E-state index contributed by atoms with van der Waals surface area (Å²) in [5, 5.41) is 14.0. The molecule has 1 amide bonds. The number of aryl methyl sites for hydroxylation is 1. The second-order valence-electron chi connectivity index (χ2n) is 9.80. The van der Waals surface area contributed by atoms with Crippen molar-refractivity contribution in [3.8, 4) is 5.88 Å². The number of sulfone groups is 1. The number of ether oxygens (including phenoxy) is 2. The van der Waals surface area contributed by atoms with Gasteiger partial charge in [0, 0.05) is 22.6 Å². The largest absolute Gasteiger partial charge is 0.477 e. The highest BCUT2D eigenvalue weighted by Crippen LogP contribution is 2.32. The normalized spacial score (nSPS) is 18.9. The molecule has 3 atom stereocenters. The highest BCUT2D eigenvalue weighted by molar-refractivity contribution is 7.91. The van der Waals surface area contributed by atoms with E-state index in [2.05, 4.69) is 10.3 Å². The van der Waals surface area contributed by atoms with Crippen LogP contribution in [0.4, 0.5) is 13.2 Å². The number of fused-ring (bicyclic) bond motifs is 1. The van der Waals surface area contributed by atoms with Crippen molar-refractivity contribution >= 4 is 26.5 Å². The summed E-state index contributed by atoms with van der Waals surface area (Å²) in [7, 11) is -3.37. The lowest BCUT2D eigenvalue weighted by molar-refractivity contribution is -0.236. The van der Waals surface area contributed by atoms with Crippen LogP contribution in [0.25, 0.3) is 10.8 Å². The minimum Gasteiger partial charge on any atom is -0.477 e. The number of rotatable bonds is 9. The lowest BCUT2D eigenvalue weighted by Gasteiger charge is -2.30. The molecule has 1 aromatic heterocycles. The van der Waals surface area contributed by atoms with Gasteiger partial charge in [-0.1, -0.05) is 19.1 Å². The number of aliphatic hydroxyl groups is 1. The molecule has 2 aromatic carbocycles. The van der Waals surface area contributed by atoms with Gasteiger partial charge < -0.3 is 19.9 Å². The Hall–Kier alpha value is -3.22. The second kappa shape index (κ2) is 12.1. The standard InChI is InChI=1S/C28H31F3N2O6S/c1-3-40(36,37)22-8-5-19(6-9-22)24(14-34)33-26(35)20-7-10-23-21(13-20)12-17(2)32-27(23)39-16-18-4-11-25(38-15-18)28(29,30)31/h5-10,12-13,18,24-25,34H,3-4,11,14-16H2,1-2H3,(H,33,35). The minimum absolute atomic E-state index is 0.0341. The van der Waals surface area contributed by atoms with E-state index in [1.807, 2.05) is 0 Å². The highest BCUT2D eigenvalue weighted by atomic mass is 32.2. The number of hydrogen-bond donors (Lipinski definition) is 2.